The van der Waals surface area contributed by atoms with Crippen molar-refractivity contribution in [1.82, 2.24) is 15.5 Å². The molecule has 1 saturated carbocycles. The van der Waals surface area contributed by atoms with Gasteiger partial charge in [0.25, 0.3) is 11.5 Å². The maximum atomic E-state index is 13.4. The van der Waals surface area contributed by atoms with Gasteiger partial charge in [0, 0.05) is 17.7 Å². The van der Waals surface area contributed by atoms with Gasteiger partial charge in [-0.3, -0.25) is 14.4 Å². The lowest BCUT2D eigenvalue weighted by Gasteiger charge is -2.29. The Morgan fingerprint density at radius 3 is 2.30 bits per heavy atom. The number of ether oxygens (including phenoxy) is 1. The van der Waals surface area contributed by atoms with E-state index in [-0.39, 0.29) is 23.4 Å². The zero-order valence-electron chi connectivity index (χ0n) is 18.5. The Morgan fingerprint density at radius 1 is 1.00 bits per heavy atom. The third-order valence-corrected chi connectivity index (χ3v) is 6.26. The first-order valence-corrected chi connectivity index (χ1v) is 11.2. The average molecular weight is 446 g/mol. The molecule has 7 nitrogen and oxygen atoms in total. The van der Waals surface area contributed by atoms with Crippen molar-refractivity contribution in [3.05, 3.63) is 76.6 Å². The quantitative estimate of drug-likeness (QED) is 0.562. The first kappa shape index (κ1) is 22.5. The fourth-order valence-corrected chi connectivity index (χ4v) is 4.58. The monoisotopic (exact) mass is 445 g/mol. The van der Waals surface area contributed by atoms with Gasteiger partial charge in [0.05, 0.1) is 18.7 Å². The molecule has 1 aromatic heterocycles. The number of rotatable bonds is 6. The van der Waals surface area contributed by atoms with Gasteiger partial charge in [0.15, 0.2) is 0 Å². The topological polar surface area (TPSA) is 101 Å². The standard InChI is InChI=1S/C26H27N3O4/c1-33-26(32)20-15-9-8-14-19(20)16-27-24(30)22-21(17-10-4-2-5-11-17)23(28-29-25(22)31)18-12-6-3-7-13-18/h2-7,10-13,19-20H,8-9,14-16H2,1H3,(H,27,30)(H,29,31). The molecule has 1 amide bonds. The predicted molar refractivity (Wildman–Crippen MR) is 126 cm³/mol. The maximum absolute atomic E-state index is 13.4. The van der Waals surface area contributed by atoms with Crippen LogP contribution in [0.15, 0.2) is 65.5 Å². The van der Waals surface area contributed by atoms with Crippen molar-refractivity contribution in [2.45, 2.75) is 25.7 Å². The van der Waals surface area contributed by atoms with Gasteiger partial charge < -0.3 is 10.1 Å². The summed E-state index contributed by atoms with van der Waals surface area (Å²) in [5.41, 5.74) is 1.98. The smallest absolute Gasteiger partial charge is 0.309 e. The van der Waals surface area contributed by atoms with Crippen molar-refractivity contribution < 1.29 is 14.3 Å². The summed E-state index contributed by atoms with van der Waals surface area (Å²) in [4.78, 5) is 38.4. The summed E-state index contributed by atoms with van der Waals surface area (Å²) >= 11 is 0. The molecule has 0 bridgehead atoms. The number of nitrogens with zero attached hydrogens (tertiary/aromatic N) is 1. The van der Waals surface area contributed by atoms with E-state index in [2.05, 4.69) is 15.5 Å². The Kier molecular flexibility index (Phi) is 6.98. The Bertz CT molecular complexity index is 1180. The molecule has 170 valence electrons. The van der Waals surface area contributed by atoms with Crippen LogP contribution in [0.4, 0.5) is 0 Å². The van der Waals surface area contributed by atoms with Crippen molar-refractivity contribution in [3.8, 4) is 22.4 Å². The molecule has 33 heavy (non-hydrogen) atoms. The lowest BCUT2D eigenvalue weighted by Crippen LogP contribution is -2.39. The molecule has 4 rings (SSSR count). The highest BCUT2D eigenvalue weighted by Crippen LogP contribution is 2.33. The second-order valence-electron chi connectivity index (χ2n) is 8.27. The summed E-state index contributed by atoms with van der Waals surface area (Å²) in [5, 5.41) is 9.69. The fraction of sp³-hybridized carbons (Fsp3) is 0.308. The van der Waals surface area contributed by atoms with Gasteiger partial charge in [0.1, 0.15) is 5.56 Å². The highest BCUT2D eigenvalue weighted by atomic mass is 16.5. The lowest BCUT2D eigenvalue weighted by molar-refractivity contribution is -0.148. The van der Waals surface area contributed by atoms with Crippen molar-refractivity contribution in [1.29, 1.82) is 0 Å². The number of amides is 1. The van der Waals surface area contributed by atoms with Crippen LogP contribution in [-0.2, 0) is 9.53 Å². The van der Waals surface area contributed by atoms with Gasteiger partial charge in [-0.2, -0.15) is 5.10 Å². The number of hydrogen-bond acceptors (Lipinski definition) is 5. The van der Waals surface area contributed by atoms with Gasteiger partial charge in [-0.25, -0.2) is 5.10 Å². The van der Waals surface area contributed by atoms with Crippen molar-refractivity contribution in [3.63, 3.8) is 0 Å². The van der Waals surface area contributed by atoms with Crippen molar-refractivity contribution in [2.75, 3.05) is 13.7 Å². The zero-order chi connectivity index (χ0) is 23.2. The lowest BCUT2D eigenvalue weighted by atomic mass is 9.79. The Hall–Kier alpha value is -3.74. The number of methoxy groups -OCH3 is 1. The van der Waals surface area contributed by atoms with E-state index < -0.39 is 11.5 Å². The highest BCUT2D eigenvalue weighted by molar-refractivity contribution is 6.03. The maximum Gasteiger partial charge on any atom is 0.309 e. The van der Waals surface area contributed by atoms with Crippen molar-refractivity contribution >= 4 is 11.9 Å². The van der Waals surface area contributed by atoms with Crippen LogP contribution in [0.5, 0.6) is 0 Å². The molecule has 2 aromatic carbocycles. The molecule has 0 aliphatic heterocycles. The normalized spacial score (nSPS) is 17.8. The second kappa shape index (κ2) is 10.3. The molecule has 1 fully saturated rings. The summed E-state index contributed by atoms with van der Waals surface area (Å²) in [5.74, 6) is -0.992. The molecular formula is C26H27N3O4. The third-order valence-electron chi connectivity index (χ3n) is 6.26. The Balaban J connectivity index is 1.70. The van der Waals surface area contributed by atoms with Gasteiger partial charge in [-0.1, -0.05) is 73.5 Å². The van der Waals surface area contributed by atoms with Crippen LogP contribution in [0.25, 0.3) is 22.4 Å². The Morgan fingerprint density at radius 2 is 1.64 bits per heavy atom. The number of carbonyl (C=O) groups is 2. The number of aromatic amines is 1. The molecule has 1 aliphatic carbocycles. The van der Waals surface area contributed by atoms with E-state index in [0.29, 0.717) is 17.8 Å². The molecule has 3 aromatic rings. The minimum atomic E-state index is -0.556. The van der Waals surface area contributed by atoms with Gasteiger partial charge in [-0.05, 0) is 24.3 Å². The van der Waals surface area contributed by atoms with Crippen LogP contribution in [-0.4, -0.2) is 35.7 Å². The number of esters is 1. The second-order valence-corrected chi connectivity index (χ2v) is 8.27. The van der Waals surface area contributed by atoms with Crippen LogP contribution in [0.1, 0.15) is 36.0 Å². The minimum Gasteiger partial charge on any atom is -0.469 e. The van der Waals surface area contributed by atoms with E-state index in [1.807, 2.05) is 60.7 Å². The van der Waals surface area contributed by atoms with Gasteiger partial charge >= 0.3 is 5.97 Å². The SMILES string of the molecule is COC(=O)C1CCCCC1CNC(=O)c1c(-c2ccccc2)c(-c2ccccc2)n[nH]c1=O. The first-order valence-electron chi connectivity index (χ1n) is 11.2. The number of aromatic nitrogens is 2. The molecule has 1 heterocycles. The molecule has 2 unspecified atom stereocenters. The summed E-state index contributed by atoms with van der Waals surface area (Å²) in [6.45, 7) is 0.301. The zero-order valence-corrected chi connectivity index (χ0v) is 18.5. The van der Waals surface area contributed by atoms with Crippen LogP contribution in [0.3, 0.4) is 0 Å². The first-order chi connectivity index (χ1) is 16.1. The molecule has 0 spiro atoms. The fourth-order valence-electron chi connectivity index (χ4n) is 4.58. The van der Waals surface area contributed by atoms with Crippen molar-refractivity contribution in [2.24, 2.45) is 11.8 Å². The van der Waals surface area contributed by atoms with Crippen LogP contribution >= 0.6 is 0 Å². The number of H-pyrrole nitrogens is 1. The van der Waals surface area contributed by atoms with Gasteiger partial charge in [0.2, 0.25) is 0 Å². The highest BCUT2D eigenvalue weighted by Gasteiger charge is 2.32. The Labute approximate surface area is 192 Å². The van der Waals surface area contributed by atoms with Crippen LogP contribution in [0.2, 0.25) is 0 Å². The minimum absolute atomic E-state index is 0.0143. The summed E-state index contributed by atoms with van der Waals surface area (Å²) < 4.78 is 4.96. The molecule has 2 N–H and O–H groups in total. The van der Waals surface area contributed by atoms with Crippen LogP contribution in [0, 0.1) is 11.8 Å². The van der Waals surface area contributed by atoms with Gasteiger partial charge in [-0.15, -0.1) is 0 Å². The van der Waals surface area contributed by atoms with Crippen LogP contribution < -0.4 is 10.9 Å². The number of carbonyl (C=O) groups excluding carboxylic acids is 2. The average Bonchev–Trinajstić information content (AvgIpc) is 2.87. The molecule has 0 radical (unpaired) electrons. The van der Waals surface area contributed by atoms with E-state index in [9.17, 15) is 14.4 Å². The molecule has 7 heteroatoms. The molecule has 0 saturated heterocycles. The summed E-state index contributed by atoms with van der Waals surface area (Å²) in [7, 11) is 1.39. The van der Waals surface area contributed by atoms with E-state index >= 15 is 0 Å². The molecule has 2 atom stereocenters. The number of nitrogens with one attached hydrogen (secondary N) is 2. The largest absolute Gasteiger partial charge is 0.469 e. The summed E-state index contributed by atoms with van der Waals surface area (Å²) in [6, 6.07) is 18.7. The predicted octanol–water partition coefficient (Wildman–Crippen LogP) is 3.81. The molecular weight excluding hydrogens is 418 g/mol. The molecule has 1 aliphatic rings. The summed E-state index contributed by atoms with van der Waals surface area (Å²) in [6.07, 6.45) is 3.54. The van der Waals surface area contributed by atoms with E-state index in [1.54, 1.807) is 0 Å². The van der Waals surface area contributed by atoms with E-state index in [1.165, 1.54) is 7.11 Å². The van der Waals surface area contributed by atoms with E-state index in [4.69, 9.17) is 4.74 Å². The third kappa shape index (κ3) is 4.87. The number of benzene rings is 2. The number of hydrogen-bond donors (Lipinski definition) is 2. The van der Waals surface area contributed by atoms with E-state index in [0.717, 1.165) is 36.8 Å².